The fourth-order valence-electron chi connectivity index (χ4n) is 1.93. The molecule has 0 fully saturated rings. The molecule has 0 aliphatic rings. The summed E-state index contributed by atoms with van der Waals surface area (Å²) in [4.78, 5) is 4.62. The van der Waals surface area contributed by atoms with E-state index < -0.39 is 0 Å². The van der Waals surface area contributed by atoms with Crippen LogP contribution in [-0.2, 0) is 13.0 Å². The summed E-state index contributed by atoms with van der Waals surface area (Å²) in [6.45, 7) is 4.02. The van der Waals surface area contributed by atoms with Crippen molar-refractivity contribution in [2.24, 2.45) is 0 Å². The van der Waals surface area contributed by atoms with Crippen LogP contribution >= 0.6 is 11.6 Å². The topological polar surface area (TPSA) is 29.9 Å². The van der Waals surface area contributed by atoms with Crippen molar-refractivity contribution in [2.75, 3.05) is 13.6 Å². The molecule has 1 aromatic carbocycles. The molecule has 2 aromatic rings. The highest BCUT2D eigenvalue weighted by Crippen LogP contribution is 2.20. The van der Waals surface area contributed by atoms with Gasteiger partial charge in [0.15, 0.2) is 0 Å². The van der Waals surface area contributed by atoms with Gasteiger partial charge in [-0.2, -0.15) is 0 Å². The quantitative estimate of drug-likeness (QED) is 0.886. The van der Waals surface area contributed by atoms with Gasteiger partial charge in [-0.3, -0.25) is 0 Å². The second-order valence-corrected chi connectivity index (χ2v) is 4.20. The molecule has 0 spiro atoms. The van der Waals surface area contributed by atoms with Gasteiger partial charge in [0.25, 0.3) is 0 Å². The average molecular weight is 238 g/mol. The second-order valence-electron chi connectivity index (χ2n) is 3.76. The van der Waals surface area contributed by atoms with Crippen LogP contribution in [0, 0.1) is 0 Å². The molecule has 3 nitrogen and oxygen atoms in total. The van der Waals surface area contributed by atoms with E-state index in [-0.39, 0.29) is 0 Å². The van der Waals surface area contributed by atoms with Crippen LogP contribution in [0.1, 0.15) is 12.7 Å². The molecule has 0 saturated heterocycles. The molecule has 0 amide bonds. The first-order valence-electron chi connectivity index (χ1n) is 5.55. The average Bonchev–Trinajstić information content (AvgIpc) is 2.62. The third kappa shape index (κ3) is 2.06. The van der Waals surface area contributed by atoms with E-state index in [0.29, 0.717) is 0 Å². The summed E-state index contributed by atoms with van der Waals surface area (Å²) in [5, 5.41) is 3.89. The maximum absolute atomic E-state index is 5.97. The number of nitrogens with zero attached hydrogens (tertiary/aromatic N) is 2. The van der Waals surface area contributed by atoms with Crippen LogP contribution in [-0.4, -0.2) is 23.1 Å². The summed E-state index contributed by atoms with van der Waals surface area (Å²) < 4.78 is 2.24. The Morgan fingerprint density at radius 3 is 2.94 bits per heavy atom. The Morgan fingerprint density at radius 1 is 1.44 bits per heavy atom. The van der Waals surface area contributed by atoms with Crippen LogP contribution in [0.2, 0.25) is 5.02 Å². The van der Waals surface area contributed by atoms with Crippen molar-refractivity contribution in [1.82, 2.24) is 14.9 Å². The summed E-state index contributed by atoms with van der Waals surface area (Å²) in [7, 11) is 1.95. The van der Waals surface area contributed by atoms with Gasteiger partial charge in [0, 0.05) is 24.5 Å². The van der Waals surface area contributed by atoms with Crippen molar-refractivity contribution >= 4 is 22.6 Å². The number of fused-ring (bicyclic) bond motifs is 1. The van der Waals surface area contributed by atoms with Crippen molar-refractivity contribution < 1.29 is 0 Å². The van der Waals surface area contributed by atoms with Gasteiger partial charge in [0.2, 0.25) is 0 Å². The smallest absolute Gasteiger partial charge is 0.111 e. The molecular formula is C12H16ClN3. The Hall–Kier alpha value is -1.06. The Balaban J connectivity index is 2.48. The summed E-state index contributed by atoms with van der Waals surface area (Å²) in [5.74, 6) is 1.12. The van der Waals surface area contributed by atoms with Crippen molar-refractivity contribution in [1.29, 1.82) is 0 Å². The van der Waals surface area contributed by atoms with Gasteiger partial charge in [0.1, 0.15) is 5.82 Å². The van der Waals surface area contributed by atoms with Gasteiger partial charge in [-0.25, -0.2) is 4.98 Å². The molecule has 1 N–H and O–H groups in total. The van der Waals surface area contributed by atoms with Crippen molar-refractivity contribution in [3.8, 4) is 0 Å². The summed E-state index contributed by atoms with van der Waals surface area (Å²) in [5.41, 5.74) is 2.15. The first kappa shape index (κ1) is 11.4. The first-order chi connectivity index (χ1) is 7.76. The van der Waals surface area contributed by atoms with E-state index in [1.807, 2.05) is 25.2 Å². The molecule has 0 saturated carbocycles. The Morgan fingerprint density at radius 2 is 2.25 bits per heavy atom. The maximum atomic E-state index is 5.97. The SMILES string of the molecule is CCn1c(CCNC)nc2cc(Cl)ccc21. The normalized spacial score (nSPS) is 11.2. The lowest BCUT2D eigenvalue weighted by atomic mass is 10.3. The summed E-state index contributed by atoms with van der Waals surface area (Å²) in [6, 6.07) is 5.88. The predicted molar refractivity (Wildman–Crippen MR) is 68.0 cm³/mol. The number of hydrogen-bond acceptors (Lipinski definition) is 2. The maximum Gasteiger partial charge on any atom is 0.111 e. The van der Waals surface area contributed by atoms with E-state index in [0.717, 1.165) is 41.4 Å². The Labute approximate surface area is 100 Å². The number of rotatable bonds is 4. The van der Waals surface area contributed by atoms with E-state index in [9.17, 15) is 0 Å². The Kier molecular flexibility index (Phi) is 3.46. The van der Waals surface area contributed by atoms with Gasteiger partial charge >= 0.3 is 0 Å². The van der Waals surface area contributed by atoms with Gasteiger partial charge in [-0.15, -0.1) is 0 Å². The fraction of sp³-hybridized carbons (Fsp3) is 0.417. The lowest BCUT2D eigenvalue weighted by Crippen LogP contribution is -2.13. The van der Waals surface area contributed by atoms with Crippen molar-refractivity contribution in [2.45, 2.75) is 19.9 Å². The molecule has 86 valence electrons. The van der Waals surface area contributed by atoms with Crippen molar-refractivity contribution in [3.63, 3.8) is 0 Å². The van der Waals surface area contributed by atoms with Crippen LogP contribution in [0.25, 0.3) is 11.0 Å². The molecule has 0 aliphatic heterocycles. The second kappa shape index (κ2) is 4.85. The monoisotopic (exact) mass is 237 g/mol. The lowest BCUT2D eigenvalue weighted by Gasteiger charge is -2.05. The molecular weight excluding hydrogens is 222 g/mol. The van der Waals surface area contributed by atoms with E-state index in [4.69, 9.17) is 11.6 Å². The molecule has 16 heavy (non-hydrogen) atoms. The molecule has 0 unspecified atom stereocenters. The molecule has 1 heterocycles. The molecule has 0 atom stereocenters. The molecule has 4 heteroatoms. The van der Waals surface area contributed by atoms with Crippen LogP contribution < -0.4 is 5.32 Å². The van der Waals surface area contributed by atoms with Crippen LogP contribution in [0.4, 0.5) is 0 Å². The van der Waals surface area contributed by atoms with Crippen LogP contribution in [0.3, 0.4) is 0 Å². The molecule has 0 aliphatic carbocycles. The number of imidazole rings is 1. The van der Waals surface area contributed by atoms with Crippen molar-refractivity contribution in [3.05, 3.63) is 29.0 Å². The highest BCUT2D eigenvalue weighted by atomic mass is 35.5. The fourth-order valence-corrected chi connectivity index (χ4v) is 2.10. The number of hydrogen-bond donors (Lipinski definition) is 1. The number of aryl methyl sites for hydroxylation is 1. The predicted octanol–water partition coefficient (Wildman–Crippen LogP) is 2.47. The minimum Gasteiger partial charge on any atom is -0.328 e. The van der Waals surface area contributed by atoms with Gasteiger partial charge < -0.3 is 9.88 Å². The number of likely N-dealkylation sites (N-methyl/N-ethyl adjacent to an activating group) is 1. The van der Waals surface area contributed by atoms with E-state index in [1.165, 1.54) is 0 Å². The molecule has 0 radical (unpaired) electrons. The third-order valence-electron chi connectivity index (χ3n) is 2.70. The zero-order chi connectivity index (χ0) is 11.5. The molecule has 0 bridgehead atoms. The summed E-state index contributed by atoms with van der Waals surface area (Å²) in [6.07, 6.45) is 0.941. The zero-order valence-electron chi connectivity index (χ0n) is 9.63. The highest BCUT2D eigenvalue weighted by Gasteiger charge is 2.08. The minimum atomic E-state index is 0.744. The van der Waals surface area contributed by atoms with Crippen LogP contribution in [0.5, 0.6) is 0 Å². The lowest BCUT2D eigenvalue weighted by molar-refractivity contribution is 0.681. The largest absolute Gasteiger partial charge is 0.328 e. The Bertz CT molecular complexity index is 490. The number of nitrogens with one attached hydrogen (secondary N) is 1. The van der Waals surface area contributed by atoms with E-state index in [1.54, 1.807) is 0 Å². The van der Waals surface area contributed by atoms with E-state index in [2.05, 4.69) is 21.8 Å². The number of halogens is 1. The highest BCUT2D eigenvalue weighted by molar-refractivity contribution is 6.31. The number of benzene rings is 1. The summed E-state index contributed by atoms with van der Waals surface area (Å²) >= 11 is 5.97. The molecule has 1 aromatic heterocycles. The molecule has 2 rings (SSSR count). The van der Waals surface area contributed by atoms with Crippen LogP contribution in [0.15, 0.2) is 18.2 Å². The van der Waals surface area contributed by atoms with E-state index >= 15 is 0 Å². The standard InChI is InChI=1S/C12H16ClN3/c1-3-16-11-5-4-9(13)8-10(11)15-12(16)6-7-14-2/h4-5,8,14H,3,6-7H2,1-2H3. The van der Waals surface area contributed by atoms with Gasteiger partial charge in [0.05, 0.1) is 11.0 Å². The first-order valence-corrected chi connectivity index (χ1v) is 5.93. The number of aromatic nitrogens is 2. The van der Waals surface area contributed by atoms with Gasteiger partial charge in [-0.05, 0) is 32.2 Å². The minimum absolute atomic E-state index is 0.744. The van der Waals surface area contributed by atoms with Gasteiger partial charge in [-0.1, -0.05) is 11.6 Å². The third-order valence-corrected chi connectivity index (χ3v) is 2.94. The zero-order valence-corrected chi connectivity index (χ0v) is 10.4.